The number of ketones is 4. The van der Waals surface area contributed by atoms with Gasteiger partial charge < -0.3 is 0 Å². The molecule has 20 heavy (non-hydrogen) atoms. The fourth-order valence-electron chi connectivity index (χ4n) is 3.64. The molecule has 0 unspecified atom stereocenters. The fraction of sp³-hybridized carbons (Fsp3) is 0.625. The Kier molecular flexibility index (Phi) is 3.31. The molecule has 0 aromatic heterocycles. The second kappa shape index (κ2) is 4.47. The van der Waals surface area contributed by atoms with Crippen LogP contribution >= 0.6 is 0 Å². The molecule has 2 rings (SSSR count). The second-order valence-corrected chi connectivity index (χ2v) is 6.66. The molecule has 0 N–H and O–H groups in total. The van der Waals surface area contributed by atoms with E-state index in [-0.39, 0.29) is 42.4 Å². The zero-order valence-corrected chi connectivity index (χ0v) is 12.4. The van der Waals surface area contributed by atoms with Gasteiger partial charge in [0.1, 0.15) is 17.3 Å². The first-order valence-corrected chi connectivity index (χ1v) is 6.90. The second-order valence-electron chi connectivity index (χ2n) is 6.66. The highest BCUT2D eigenvalue weighted by molar-refractivity contribution is 6.09. The minimum Gasteiger partial charge on any atom is -0.300 e. The third-order valence-electron chi connectivity index (χ3n) is 4.98. The van der Waals surface area contributed by atoms with Crippen LogP contribution < -0.4 is 0 Å². The Morgan fingerprint density at radius 3 is 2.45 bits per heavy atom. The maximum atomic E-state index is 12.8. The van der Waals surface area contributed by atoms with Gasteiger partial charge in [-0.1, -0.05) is 12.5 Å². The van der Waals surface area contributed by atoms with Crippen molar-refractivity contribution in [2.24, 2.45) is 16.7 Å². The number of fused-ring (bicyclic) bond motifs is 1. The molecule has 3 atom stereocenters. The largest absolute Gasteiger partial charge is 0.300 e. The molecule has 0 aromatic carbocycles. The van der Waals surface area contributed by atoms with Gasteiger partial charge in [0, 0.05) is 30.6 Å². The van der Waals surface area contributed by atoms with Crippen LogP contribution in [0.3, 0.4) is 0 Å². The van der Waals surface area contributed by atoms with Crippen molar-refractivity contribution in [1.29, 1.82) is 0 Å². The smallest absolute Gasteiger partial charge is 0.156 e. The lowest BCUT2D eigenvalue weighted by Crippen LogP contribution is -2.55. The van der Waals surface area contributed by atoms with Crippen molar-refractivity contribution < 1.29 is 19.2 Å². The summed E-state index contributed by atoms with van der Waals surface area (Å²) in [5.74, 6) is -0.988. The summed E-state index contributed by atoms with van der Waals surface area (Å²) in [5, 5.41) is 0. The zero-order chi connectivity index (χ0) is 15.3. The van der Waals surface area contributed by atoms with Crippen molar-refractivity contribution in [3.05, 3.63) is 11.6 Å². The molecule has 4 nitrogen and oxygen atoms in total. The number of carbonyl (C=O) groups is 4. The van der Waals surface area contributed by atoms with Crippen LogP contribution in [0.15, 0.2) is 11.6 Å². The maximum absolute atomic E-state index is 12.8. The summed E-state index contributed by atoms with van der Waals surface area (Å²) in [4.78, 5) is 48.5. The van der Waals surface area contributed by atoms with Crippen molar-refractivity contribution in [1.82, 2.24) is 0 Å². The molecule has 108 valence electrons. The summed E-state index contributed by atoms with van der Waals surface area (Å²) in [5.41, 5.74) is -1.16. The Hall–Kier alpha value is -1.58. The Bertz CT molecular complexity index is 557. The van der Waals surface area contributed by atoms with Crippen LogP contribution in [-0.2, 0) is 19.2 Å². The van der Waals surface area contributed by atoms with Gasteiger partial charge in [-0.2, -0.15) is 0 Å². The molecule has 4 heteroatoms. The topological polar surface area (TPSA) is 68.3 Å². The quantitative estimate of drug-likeness (QED) is 0.774. The molecule has 0 heterocycles. The Morgan fingerprint density at radius 2 is 1.90 bits per heavy atom. The average Bonchev–Trinajstić information content (AvgIpc) is 2.29. The van der Waals surface area contributed by atoms with Crippen LogP contribution in [-0.4, -0.2) is 23.1 Å². The molecule has 2 aliphatic carbocycles. The molecule has 0 bridgehead atoms. The van der Waals surface area contributed by atoms with Crippen molar-refractivity contribution in [2.75, 3.05) is 0 Å². The minimum absolute atomic E-state index is 0.0351. The van der Waals surface area contributed by atoms with E-state index in [4.69, 9.17) is 0 Å². The van der Waals surface area contributed by atoms with Gasteiger partial charge in [-0.25, -0.2) is 0 Å². The molecule has 0 radical (unpaired) electrons. The molecule has 0 saturated heterocycles. The lowest BCUT2D eigenvalue weighted by molar-refractivity contribution is -0.155. The normalized spacial score (nSPS) is 37.5. The van der Waals surface area contributed by atoms with Crippen molar-refractivity contribution >= 4 is 23.1 Å². The summed E-state index contributed by atoms with van der Waals surface area (Å²) >= 11 is 0. The highest BCUT2D eigenvalue weighted by atomic mass is 16.2. The highest BCUT2D eigenvalue weighted by Gasteiger charge is 2.58. The van der Waals surface area contributed by atoms with E-state index in [0.29, 0.717) is 5.57 Å². The van der Waals surface area contributed by atoms with Gasteiger partial charge in [-0.15, -0.1) is 0 Å². The predicted octanol–water partition coefficient (Wildman–Crippen LogP) is 2.06. The summed E-state index contributed by atoms with van der Waals surface area (Å²) in [6.07, 6.45) is 1.71. The molecule has 0 spiro atoms. The first-order chi connectivity index (χ1) is 9.11. The molecule has 0 aromatic rings. The van der Waals surface area contributed by atoms with Gasteiger partial charge in [0.15, 0.2) is 5.78 Å². The summed E-state index contributed by atoms with van der Waals surface area (Å²) < 4.78 is 0. The first kappa shape index (κ1) is 14.8. The molecule has 0 amide bonds. The van der Waals surface area contributed by atoms with Gasteiger partial charge in [-0.3, -0.25) is 19.2 Å². The Balaban J connectivity index is 2.49. The van der Waals surface area contributed by atoms with Crippen LogP contribution in [0, 0.1) is 16.7 Å². The van der Waals surface area contributed by atoms with Crippen LogP contribution in [0.2, 0.25) is 0 Å². The highest BCUT2D eigenvalue weighted by Crippen LogP contribution is 2.52. The van der Waals surface area contributed by atoms with Gasteiger partial charge in [-0.05, 0) is 26.8 Å². The minimum atomic E-state index is -0.953. The van der Waals surface area contributed by atoms with E-state index < -0.39 is 16.7 Å². The van der Waals surface area contributed by atoms with Gasteiger partial charge >= 0.3 is 0 Å². The van der Waals surface area contributed by atoms with E-state index in [1.54, 1.807) is 20.8 Å². The van der Waals surface area contributed by atoms with Crippen LogP contribution in [0.4, 0.5) is 0 Å². The van der Waals surface area contributed by atoms with Crippen LogP contribution in [0.1, 0.15) is 47.0 Å². The molecule has 0 aliphatic heterocycles. The number of Topliss-reactive ketones (excluding diaryl/α,β-unsaturated/α-hetero) is 3. The molecule has 1 saturated carbocycles. The summed E-state index contributed by atoms with van der Waals surface area (Å²) in [6, 6.07) is 0. The summed E-state index contributed by atoms with van der Waals surface area (Å²) in [7, 11) is 0. The SMILES string of the molecule is CC(=O)C[C@]1(C)CC(=O)[C@@]2(C)C(C)=CC(=O)C[C@H]2C1=O. The Labute approximate surface area is 118 Å². The zero-order valence-electron chi connectivity index (χ0n) is 12.4. The monoisotopic (exact) mass is 276 g/mol. The number of allylic oxidation sites excluding steroid dienone is 2. The average molecular weight is 276 g/mol. The van der Waals surface area contributed by atoms with E-state index in [1.807, 2.05) is 0 Å². The first-order valence-electron chi connectivity index (χ1n) is 6.90. The van der Waals surface area contributed by atoms with Crippen molar-refractivity contribution in [3.8, 4) is 0 Å². The number of hydrogen-bond donors (Lipinski definition) is 0. The van der Waals surface area contributed by atoms with E-state index in [1.165, 1.54) is 13.0 Å². The molecular weight excluding hydrogens is 256 g/mol. The fourth-order valence-corrected chi connectivity index (χ4v) is 3.64. The molecule has 2 aliphatic rings. The number of carbonyl (C=O) groups excluding carboxylic acids is 4. The van der Waals surface area contributed by atoms with Crippen LogP contribution in [0.5, 0.6) is 0 Å². The predicted molar refractivity (Wildman–Crippen MR) is 73.0 cm³/mol. The van der Waals surface area contributed by atoms with Gasteiger partial charge in [0.05, 0.1) is 5.41 Å². The molecule has 1 fully saturated rings. The maximum Gasteiger partial charge on any atom is 0.156 e. The lowest BCUT2D eigenvalue weighted by atomic mass is 9.52. The third kappa shape index (κ3) is 1.98. The van der Waals surface area contributed by atoms with Gasteiger partial charge in [0.2, 0.25) is 0 Å². The van der Waals surface area contributed by atoms with E-state index in [9.17, 15) is 19.2 Å². The lowest BCUT2D eigenvalue weighted by Gasteiger charge is -2.48. The number of hydrogen-bond acceptors (Lipinski definition) is 4. The molecular formula is C16H20O4. The van der Waals surface area contributed by atoms with E-state index in [0.717, 1.165) is 0 Å². The Morgan fingerprint density at radius 1 is 1.30 bits per heavy atom. The van der Waals surface area contributed by atoms with Crippen molar-refractivity contribution in [3.63, 3.8) is 0 Å². The van der Waals surface area contributed by atoms with E-state index >= 15 is 0 Å². The van der Waals surface area contributed by atoms with Crippen molar-refractivity contribution in [2.45, 2.75) is 47.0 Å². The summed E-state index contributed by atoms with van der Waals surface area (Å²) in [6.45, 7) is 6.59. The standard InChI is InChI=1S/C16H20O4/c1-9-5-11(18)6-12-14(20)15(3,7-10(2)17)8-13(19)16(9,12)4/h5,12H,6-8H2,1-4H3/t12-,15+,16-/m0/s1. The van der Waals surface area contributed by atoms with Gasteiger partial charge in [0.25, 0.3) is 0 Å². The van der Waals surface area contributed by atoms with Crippen LogP contribution in [0.25, 0.3) is 0 Å². The number of rotatable bonds is 2. The third-order valence-corrected chi connectivity index (χ3v) is 4.98. The van der Waals surface area contributed by atoms with E-state index in [2.05, 4.69) is 0 Å².